The summed E-state index contributed by atoms with van der Waals surface area (Å²) in [7, 11) is 0. The van der Waals surface area contributed by atoms with Crippen molar-refractivity contribution >= 4 is 11.9 Å². The van der Waals surface area contributed by atoms with Crippen LogP contribution in [0.2, 0.25) is 0 Å². The Hall–Kier alpha value is -1.26. The number of aliphatic hydroxyl groups is 3. The zero-order chi connectivity index (χ0) is 24.1. The Balaban J connectivity index is 0. The molecule has 186 valence electrons. The van der Waals surface area contributed by atoms with Gasteiger partial charge in [0.1, 0.15) is 6.04 Å². The molecule has 9 heteroatoms. The second-order valence-electron chi connectivity index (χ2n) is 8.20. The number of aliphatic hydroxyl groups excluding tert-OH is 3. The fourth-order valence-corrected chi connectivity index (χ4v) is 3.06. The maximum Gasteiger partial charge on any atom is 0.321 e. The van der Waals surface area contributed by atoms with E-state index in [-0.39, 0.29) is 13.0 Å². The minimum absolute atomic E-state index is 0.295. The quantitative estimate of drug-likeness (QED) is 0.144. The highest BCUT2D eigenvalue weighted by atomic mass is 16.4. The van der Waals surface area contributed by atoms with Crippen LogP contribution >= 0.6 is 0 Å². The Labute approximate surface area is 187 Å². The van der Waals surface area contributed by atoms with Crippen LogP contribution in [0.3, 0.4) is 0 Å². The average molecular weight is 450 g/mol. The van der Waals surface area contributed by atoms with Gasteiger partial charge in [0.2, 0.25) is 5.91 Å². The Kier molecular flexibility index (Phi) is 22.6. The number of aliphatic carboxylic acids is 1. The molecule has 0 aromatic carbocycles. The van der Waals surface area contributed by atoms with Crippen LogP contribution in [0.25, 0.3) is 0 Å². The maximum absolute atomic E-state index is 9.99. The van der Waals surface area contributed by atoms with E-state index in [0.29, 0.717) is 6.42 Å². The Morgan fingerprint density at radius 1 is 0.806 bits per heavy atom. The molecule has 31 heavy (non-hydrogen) atoms. The highest BCUT2D eigenvalue weighted by Gasteiger charge is 2.22. The standard InChI is InChI=1S/C18H39NO3.C4H8N2O3/c1-2-3-4-5-6-7-8-9-10-11-12-13-14-17(21)18(22)16(19)15-20;5-2(4(8)9)1-3(6)7/h16-18,20-22H,2-15,19H2,1H3;2H,1,5H2,(H2,6,7)(H,8,9). The van der Waals surface area contributed by atoms with Crippen LogP contribution in [-0.2, 0) is 9.59 Å². The molecular formula is C22H47N3O6. The van der Waals surface area contributed by atoms with E-state index in [2.05, 4.69) is 12.7 Å². The molecule has 0 radical (unpaired) electrons. The summed E-state index contributed by atoms with van der Waals surface area (Å²) in [5.41, 5.74) is 15.1. The first kappa shape index (κ1) is 31.9. The van der Waals surface area contributed by atoms with Gasteiger partial charge in [0.15, 0.2) is 0 Å². The topological polar surface area (TPSA) is 193 Å². The van der Waals surface area contributed by atoms with Crippen LogP contribution < -0.4 is 17.2 Å². The van der Waals surface area contributed by atoms with Crippen molar-refractivity contribution in [2.45, 2.75) is 121 Å². The fourth-order valence-electron chi connectivity index (χ4n) is 3.06. The van der Waals surface area contributed by atoms with Crippen LogP contribution in [0.4, 0.5) is 0 Å². The zero-order valence-corrected chi connectivity index (χ0v) is 19.3. The molecule has 4 unspecified atom stereocenters. The second-order valence-corrected chi connectivity index (χ2v) is 8.20. The van der Waals surface area contributed by atoms with E-state index in [0.717, 1.165) is 12.8 Å². The molecule has 1 amide bonds. The van der Waals surface area contributed by atoms with Crippen molar-refractivity contribution in [2.24, 2.45) is 17.2 Å². The van der Waals surface area contributed by atoms with Crippen LogP contribution in [0.1, 0.15) is 96.8 Å². The van der Waals surface area contributed by atoms with Gasteiger partial charge in [-0.3, -0.25) is 9.59 Å². The van der Waals surface area contributed by atoms with E-state index in [1.165, 1.54) is 64.2 Å². The van der Waals surface area contributed by atoms with E-state index < -0.39 is 36.2 Å². The molecule has 0 aliphatic carbocycles. The molecule has 0 spiro atoms. The van der Waals surface area contributed by atoms with Gasteiger partial charge in [-0.25, -0.2) is 0 Å². The number of carbonyl (C=O) groups is 2. The van der Waals surface area contributed by atoms with Crippen molar-refractivity contribution in [2.75, 3.05) is 6.61 Å². The highest BCUT2D eigenvalue weighted by Crippen LogP contribution is 2.14. The van der Waals surface area contributed by atoms with Crippen LogP contribution in [0.5, 0.6) is 0 Å². The van der Waals surface area contributed by atoms with E-state index >= 15 is 0 Å². The summed E-state index contributed by atoms with van der Waals surface area (Å²) in [6.45, 7) is 1.96. The maximum atomic E-state index is 9.99. The molecule has 0 aromatic rings. The first-order valence-electron chi connectivity index (χ1n) is 11.7. The molecule has 0 saturated carbocycles. The van der Waals surface area contributed by atoms with E-state index in [1.54, 1.807) is 0 Å². The lowest BCUT2D eigenvalue weighted by Gasteiger charge is -2.22. The third-order valence-electron chi connectivity index (χ3n) is 5.14. The van der Waals surface area contributed by atoms with Crippen LogP contribution in [-0.4, -0.2) is 63.2 Å². The summed E-state index contributed by atoms with van der Waals surface area (Å²) in [4.78, 5) is 19.9. The second kappa shape index (κ2) is 22.0. The van der Waals surface area contributed by atoms with Gasteiger partial charge in [-0.15, -0.1) is 0 Å². The third-order valence-corrected chi connectivity index (χ3v) is 5.14. The molecule has 0 aliphatic rings. The number of primary amides is 1. The number of nitrogens with two attached hydrogens (primary N) is 3. The Bertz CT molecular complexity index is 439. The van der Waals surface area contributed by atoms with Gasteiger partial charge in [0.25, 0.3) is 0 Å². The summed E-state index contributed by atoms with van der Waals surface area (Å²) < 4.78 is 0. The Morgan fingerprint density at radius 2 is 1.23 bits per heavy atom. The van der Waals surface area contributed by atoms with Crippen LogP contribution in [0, 0.1) is 0 Å². The molecule has 0 fully saturated rings. The zero-order valence-electron chi connectivity index (χ0n) is 19.3. The number of hydrogen-bond donors (Lipinski definition) is 7. The number of carboxylic acids is 1. The molecular weight excluding hydrogens is 402 g/mol. The van der Waals surface area contributed by atoms with Gasteiger partial charge in [0, 0.05) is 0 Å². The number of carbonyl (C=O) groups excluding carboxylic acids is 1. The largest absolute Gasteiger partial charge is 0.480 e. The summed E-state index contributed by atoms with van der Waals surface area (Å²) in [5, 5.41) is 36.3. The molecule has 9 nitrogen and oxygen atoms in total. The minimum Gasteiger partial charge on any atom is -0.480 e. The lowest BCUT2D eigenvalue weighted by atomic mass is 10.00. The average Bonchev–Trinajstić information content (AvgIpc) is 2.73. The normalized spacial score (nSPS) is 14.8. The first-order valence-corrected chi connectivity index (χ1v) is 11.7. The summed E-state index contributed by atoms with van der Waals surface area (Å²) in [6.07, 6.45) is 13.8. The molecule has 0 heterocycles. The van der Waals surface area contributed by atoms with Gasteiger partial charge in [-0.2, -0.15) is 0 Å². The number of amides is 1. The molecule has 0 rings (SSSR count). The number of unbranched alkanes of at least 4 members (excludes halogenated alkanes) is 11. The smallest absolute Gasteiger partial charge is 0.321 e. The van der Waals surface area contributed by atoms with Gasteiger partial charge in [-0.05, 0) is 6.42 Å². The molecule has 4 atom stereocenters. The fraction of sp³-hybridized carbons (Fsp3) is 0.909. The lowest BCUT2D eigenvalue weighted by molar-refractivity contribution is -0.140. The molecule has 0 aromatic heterocycles. The van der Waals surface area contributed by atoms with Gasteiger partial charge in [0.05, 0.1) is 31.3 Å². The molecule has 0 aliphatic heterocycles. The van der Waals surface area contributed by atoms with E-state index in [1.807, 2.05) is 0 Å². The SMILES string of the molecule is CCCCCCCCCCCCCCC(O)C(O)C(N)CO.NC(=O)CC(N)C(=O)O. The number of rotatable bonds is 19. The predicted octanol–water partition coefficient (Wildman–Crippen LogP) is 1.39. The van der Waals surface area contributed by atoms with Crippen molar-refractivity contribution in [1.82, 2.24) is 0 Å². The third kappa shape index (κ3) is 21.7. The first-order chi connectivity index (χ1) is 14.7. The van der Waals surface area contributed by atoms with Gasteiger partial charge >= 0.3 is 5.97 Å². The van der Waals surface area contributed by atoms with Crippen LogP contribution in [0.15, 0.2) is 0 Å². The number of carboxylic acid groups (broad SMARTS) is 1. The van der Waals surface area contributed by atoms with Crippen molar-refractivity contribution in [3.63, 3.8) is 0 Å². The summed E-state index contributed by atoms with van der Waals surface area (Å²) in [5.74, 6) is -1.92. The number of hydrogen-bond acceptors (Lipinski definition) is 7. The molecule has 0 saturated heterocycles. The minimum atomic E-state index is -1.21. The van der Waals surface area contributed by atoms with Crippen molar-refractivity contribution in [3.05, 3.63) is 0 Å². The van der Waals surface area contributed by atoms with Gasteiger partial charge < -0.3 is 37.6 Å². The van der Waals surface area contributed by atoms with Crippen molar-refractivity contribution in [1.29, 1.82) is 0 Å². The Morgan fingerprint density at radius 3 is 1.55 bits per heavy atom. The highest BCUT2D eigenvalue weighted by molar-refractivity contribution is 5.83. The molecule has 0 bridgehead atoms. The van der Waals surface area contributed by atoms with E-state index in [4.69, 9.17) is 21.7 Å². The molecule has 10 N–H and O–H groups in total. The summed E-state index contributed by atoms with van der Waals surface area (Å²) >= 11 is 0. The van der Waals surface area contributed by atoms with E-state index in [9.17, 15) is 19.8 Å². The van der Waals surface area contributed by atoms with Crippen molar-refractivity contribution < 1.29 is 30.0 Å². The predicted molar refractivity (Wildman–Crippen MR) is 122 cm³/mol. The monoisotopic (exact) mass is 449 g/mol. The van der Waals surface area contributed by atoms with Gasteiger partial charge in [-0.1, -0.05) is 84.0 Å². The lowest BCUT2D eigenvalue weighted by Crippen LogP contribution is -2.45. The summed E-state index contributed by atoms with van der Waals surface area (Å²) in [6, 6.07) is -1.91. The van der Waals surface area contributed by atoms with Crippen molar-refractivity contribution in [3.8, 4) is 0 Å².